The van der Waals surface area contributed by atoms with Crippen molar-refractivity contribution in [1.29, 1.82) is 0 Å². The number of hydrogen-bond donors (Lipinski definition) is 1. The molecule has 144 valence electrons. The number of anilines is 1. The van der Waals surface area contributed by atoms with E-state index in [4.69, 9.17) is 0 Å². The smallest absolute Gasteiger partial charge is 0.127 e. The van der Waals surface area contributed by atoms with Crippen molar-refractivity contribution in [3.63, 3.8) is 0 Å². The summed E-state index contributed by atoms with van der Waals surface area (Å²) in [5.41, 5.74) is 3.19. The van der Waals surface area contributed by atoms with Crippen LogP contribution in [-0.4, -0.2) is 27.3 Å². The average Bonchev–Trinajstić information content (AvgIpc) is 3.30. The molecule has 1 heterocycles. The van der Waals surface area contributed by atoms with Crippen LogP contribution in [0.3, 0.4) is 0 Å². The predicted molar refractivity (Wildman–Crippen MR) is 106 cm³/mol. The standard InChI is InChI=1S/C22H23FN4O/c1-22(15-28)10-4-9-21(22)24-19-8-3-6-17(12-19)20-14-27(26-25-20)13-16-5-2-7-18(23)11-16/h2-3,5-8,11-12,14-15,21,24H,4,9-10,13H2,1H3. The summed E-state index contributed by atoms with van der Waals surface area (Å²) >= 11 is 0. The normalized spacial score (nSPS) is 21.6. The number of carbonyl (C=O) groups excluding carboxylic acids is 1. The summed E-state index contributed by atoms with van der Waals surface area (Å²) in [7, 11) is 0. The first kappa shape index (κ1) is 18.3. The maximum Gasteiger partial charge on any atom is 0.127 e. The van der Waals surface area contributed by atoms with Gasteiger partial charge in [0.05, 0.1) is 12.7 Å². The molecule has 1 aliphatic rings. The number of aldehydes is 1. The molecule has 1 fully saturated rings. The van der Waals surface area contributed by atoms with Crippen molar-refractivity contribution in [2.45, 2.75) is 38.8 Å². The van der Waals surface area contributed by atoms with Crippen molar-refractivity contribution in [3.05, 3.63) is 66.1 Å². The van der Waals surface area contributed by atoms with E-state index < -0.39 is 0 Å². The second-order valence-electron chi connectivity index (χ2n) is 7.72. The summed E-state index contributed by atoms with van der Waals surface area (Å²) in [4.78, 5) is 11.5. The van der Waals surface area contributed by atoms with E-state index in [0.29, 0.717) is 6.54 Å². The third-order valence-corrected chi connectivity index (χ3v) is 5.55. The minimum absolute atomic E-state index is 0.143. The molecule has 0 radical (unpaired) electrons. The number of hydrogen-bond acceptors (Lipinski definition) is 4. The van der Waals surface area contributed by atoms with Gasteiger partial charge in [0.15, 0.2) is 0 Å². The second-order valence-corrected chi connectivity index (χ2v) is 7.72. The van der Waals surface area contributed by atoms with Crippen molar-refractivity contribution in [1.82, 2.24) is 15.0 Å². The Kier molecular flexibility index (Phi) is 4.94. The van der Waals surface area contributed by atoms with Gasteiger partial charge in [-0.25, -0.2) is 9.07 Å². The van der Waals surface area contributed by atoms with Gasteiger partial charge >= 0.3 is 0 Å². The summed E-state index contributed by atoms with van der Waals surface area (Å²) in [6.07, 6.45) is 5.90. The number of aromatic nitrogens is 3. The van der Waals surface area contributed by atoms with E-state index in [1.165, 1.54) is 12.1 Å². The van der Waals surface area contributed by atoms with Gasteiger partial charge in [-0.05, 0) is 42.7 Å². The van der Waals surface area contributed by atoms with E-state index in [9.17, 15) is 9.18 Å². The Morgan fingerprint density at radius 2 is 2.14 bits per heavy atom. The molecule has 1 saturated carbocycles. The molecule has 2 aromatic carbocycles. The molecule has 0 amide bonds. The highest BCUT2D eigenvalue weighted by Gasteiger charge is 2.38. The minimum Gasteiger partial charge on any atom is -0.381 e. The molecule has 0 spiro atoms. The van der Waals surface area contributed by atoms with Crippen LogP contribution in [0.15, 0.2) is 54.7 Å². The van der Waals surface area contributed by atoms with E-state index in [-0.39, 0.29) is 17.3 Å². The fraction of sp³-hybridized carbons (Fsp3) is 0.318. The van der Waals surface area contributed by atoms with Gasteiger partial charge in [-0.3, -0.25) is 0 Å². The second kappa shape index (κ2) is 7.54. The number of rotatable bonds is 6. The zero-order valence-electron chi connectivity index (χ0n) is 15.8. The van der Waals surface area contributed by atoms with E-state index in [1.807, 2.05) is 43.5 Å². The number of nitrogens with zero attached hydrogens (tertiary/aromatic N) is 3. The van der Waals surface area contributed by atoms with Gasteiger partial charge in [0.25, 0.3) is 0 Å². The lowest BCUT2D eigenvalue weighted by Crippen LogP contribution is -2.34. The monoisotopic (exact) mass is 378 g/mol. The van der Waals surface area contributed by atoms with Gasteiger partial charge in [0.1, 0.15) is 17.8 Å². The largest absolute Gasteiger partial charge is 0.381 e. The van der Waals surface area contributed by atoms with Gasteiger partial charge in [0.2, 0.25) is 0 Å². The molecule has 2 atom stereocenters. The lowest BCUT2D eigenvalue weighted by atomic mass is 9.86. The Labute approximate surface area is 163 Å². The average molecular weight is 378 g/mol. The summed E-state index contributed by atoms with van der Waals surface area (Å²) in [6.45, 7) is 2.48. The maximum atomic E-state index is 13.4. The zero-order valence-corrected chi connectivity index (χ0v) is 15.8. The van der Waals surface area contributed by atoms with Crippen molar-refractivity contribution < 1.29 is 9.18 Å². The Bertz CT molecular complexity index is 986. The van der Waals surface area contributed by atoms with Crippen LogP contribution in [0, 0.1) is 11.2 Å². The highest BCUT2D eigenvalue weighted by atomic mass is 19.1. The van der Waals surface area contributed by atoms with Crippen molar-refractivity contribution in [2.75, 3.05) is 5.32 Å². The molecule has 4 rings (SSSR count). The fourth-order valence-electron chi connectivity index (χ4n) is 3.87. The summed E-state index contributed by atoms with van der Waals surface area (Å²) in [6, 6.07) is 14.6. The lowest BCUT2D eigenvalue weighted by molar-refractivity contribution is -0.115. The van der Waals surface area contributed by atoms with Crippen LogP contribution in [-0.2, 0) is 11.3 Å². The van der Waals surface area contributed by atoms with Crippen LogP contribution >= 0.6 is 0 Å². The number of halogens is 1. The lowest BCUT2D eigenvalue weighted by Gasteiger charge is -2.27. The Balaban J connectivity index is 1.50. The van der Waals surface area contributed by atoms with Gasteiger partial charge in [0, 0.05) is 22.7 Å². The van der Waals surface area contributed by atoms with E-state index in [2.05, 4.69) is 15.6 Å². The van der Waals surface area contributed by atoms with Crippen LogP contribution in [0.25, 0.3) is 11.3 Å². The zero-order chi connectivity index (χ0) is 19.6. The molecule has 3 aromatic rings. The topological polar surface area (TPSA) is 59.8 Å². The highest BCUT2D eigenvalue weighted by molar-refractivity contribution is 5.66. The Morgan fingerprint density at radius 3 is 2.96 bits per heavy atom. The number of benzene rings is 2. The molecule has 0 saturated heterocycles. The van der Waals surface area contributed by atoms with E-state index in [0.717, 1.165) is 48.1 Å². The molecule has 1 aliphatic carbocycles. The molecule has 1 aromatic heterocycles. The molecular weight excluding hydrogens is 355 g/mol. The van der Waals surface area contributed by atoms with E-state index >= 15 is 0 Å². The van der Waals surface area contributed by atoms with Crippen LogP contribution in [0.2, 0.25) is 0 Å². The van der Waals surface area contributed by atoms with Gasteiger partial charge in [-0.15, -0.1) is 5.10 Å². The summed E-state index contributed by atoms with van der Waals surface area (Å²) in [5, 5.41) is 11.9. The van der Waals surface area contributed by atoms with Gasteiger partial charge in [-0.1, -0.05) is 42.8 Å². The van der Waals surface area contributed by atoms with E-state index in [1.54, 1.807) is 10.7 Å². The molecule has 1 N–H and O–H groups in total. The number of carbonyl (C=O) groups is 1. The molecular formula is C22H23FN4O. The quantitative estimate of drug-likeness (QED) is 0.650. The summed E-state index contributed by atoms with van der Waals surface area (Å²) in [5.74, 6) is -0.258. The van der Waals surface area contributed by atoms with Gasteiger partial charge < -0.3 is 10.1 Å². The number of nitrogens with one attached hydrogen (secondary N) is 1. The van der Waals surface area contributed by atoms with Crippen LogP contribution in [0.1, 0.15) is 31.7 Å². The third-order valence-electron chi connectivity index (χ3n) is 5.55. The predicted octanol–water partition coefficient (Wildman–Crippen LogP) is 4.30. The van der Waals surface area contributed by atoms with Crippen LogP contribution in [0.4, 0.5) is 10.1 Å². The highest BCUT2D eigenvalue weighted by Crippen LogP contribution is 2.38. The fourth-order valence-corrected chi connectivity index (χ4v) is 3.87. The molecule has 2 unspecified atom stereocenters. The van der Waals surface area contributed by atoms with Gasteiger partial charge in [-0.2, -0.15) is 0 Å². The first-order valence-electron chi connectivity index (χ1n) is 9.54. The Hall–Kier alpha value is -3.02. The molecule has 28 heavy (non-hydrogen) atoms. The molecule has 6 heteroatoms. The Morgan fingerprint density at radius 1 is 1.29 bits per heavy atom. The first-order valence-corrected chi connectivity index (χ1v) is 9.54. The van der Waals surface area contributed by atoms with Crippen LogP contribution < -0.4 is 5.32 Å². The minimum atomic E-state index is -0.315. The summed E-state index contributed by atoms with van der Waals surface area (Å²) < 4.78 is 15.1. The molecule has 5 nitrogen and oxygen atoms in total. The molecule has 0 aliphatic heterocycles. The maximum absolute atomic E-state index is 13.4. The van der Waals surface area contributed by atoms with Crippen molar-refractivity contribution >= 4 is 12.0 Å². The third kappa shape index (κ3) is 3.81. The first-order chi connectivity index (χ1) is 13.6. The molecule has 0 bridgehead atoms. The van der Waals surface area contributed by atoms with Crippen molar-refractivity contribution in [2.24, 2.45) is 5.41 Å². The van der Waals surface area contributed by atoms with Crippen molar-refractivity contribution in [3.8, 4) is 11.3 Å². The van der Waals surface area contributed by atoms with Crippen LogP contribution in [0.5, 0.6) is 0 Å². The SMILES string of the molecule is CC1(C=O)CCCC1Nc1cccc(-c2cn(Cc3cccc(F)c3)nn2)c1.